The second-order valence-corrected chi connectivity index (χ2v) is 5.92. The molecule has 1 N–H and O–H groups in total. The molecule has 0 spiro atoms. The third-order valence-electron chi connectivity index (χ3n) is 2.55. The number of sulfonamides is 1. The fourth-order valence-electron chi connectivity index (χ4n) is 1.50. The first-order chi connectivity index (χ1) is 9.33. The molecule has 1 rings (SSSR count). The molecule has 0 saturated carbocycles. The van der Waals surface area contributed by atoms with Crippen LogP contribution >= 0.6 is 0 Å². The van der Waals surface area contributed by atoms with Crippen LogP contribution in [0.15, 0.2) is 23.1 Å². The molecule has 0 bridgehead atoms. The predicted octanol–water partition coefficient (Wildman–Crippen LogP) is 0.553. The van der Waals surface area contributed by atoms with Gasteiger partial charge in [0.15, 0.2) is 11.6 Å². The third-order valence-corrected chi connectivity index (χ3v) is 4.01. The van der Waals surface area contributed by atoms with Gasteiger partial charge in [-0.15, -0.1) is 0 Å². The largest absolute Gasteiger partial charge is 0.550 e. The van der Waals surface area contributed by atoms with E-state index in [0.29, 0.717) is 25.3 Å². The maximum absolute atomic E-state index is 12.9. The smallest absolute Gasteiger partial charge is 0.240 e. The average Bonchev–Trinajstić information content (AvgIpc) is 2.36. The number of nitrogens with one attached hydrogen (secondary N) is 1. The van der Waals surface area contributed by atoms with Crippen LogP contribution in [0.25, 0.3) is 0 Å². The number of carboxylic acids is 1. The second-order valence-electron chi connectivity index (χ2n) is 4.16. The summed E-state index contributed by atoms with van der Waals surface area (Å²) in [6.07, 6.45) is 1.29. The van der Waals surface area contributed by atoms with Crippen LogP contribution in [0.1, 0.15) is 25.7 Å². The number of halogens is 2. The monoisotopic (exact) mass is 306 g/mol. The molecule has 0 unspecified atom stereocenters. The van der Waals surface area contributed by atoms with E-state index in [0.717, 1.165) is 12.1 Å². The summed E-state index contributed by atoms with van der Waals surface area (Å²) in [5.74, 6) is -3.50. The van der Waals surface area contributed by atoms with E-state index in [2.05, 4.69) is 4.72 Å². The van der Waals surface area contributed by atoms with Gasteiger partial charge in [-0.05, 0) is 37.5 Å². The fraction of sp³-hybridized carbons (Fsp3) is 0.417. The SMILES string of the molecule is O=C([O-])CCCCCNS(=O)(=O)c1ccc(F)c(F)c1. The highest BCUT2D eigenvalue weighted by Gasteiger charge is 2.15. The molecule has 112 valence electrons. The lowest BCUT2D eigenvalue weighted by atomic mass is 10.2. The maximum atomic E-state index is 12.9. The van der Waals surface area contributed by atoms with Crippen molar-refractivity contribution >= 4 is 16.0 Å². The maximum Gasteiger partial charge on any atom is 0.240 e. The van der Waals surface area contributed by atoms with Gasteiger partial charge in [-0.3, -0.25) is 0 Å². The fourth-order valence-corrected chi connectivity index (χ4v) is 2.59. The van der Waals surface area contributed by atoms with Crippen molar-refractivity contribution < 1.29 is 27.1 Å². The van der Waals surface area contributed by atoms with Crippen LogP contribution in [-0.2, 0) is 14.8 Å². The second kappa shape index (κ2) is 7.30. The van der Waals surface area contributed by atoms with E-state index in [1.807, 2.05) is 0 Å². The summed E-state index contributed by atoms with van der Waals surface area (Å²) in [5.41, 5.74) is 0. The van der Waals surface area contributed by atoms with Gasteiger partial charge >= 0.3 is 0 Å². The number of rotatable bonds is 8. The molecule has 0 amide bonds. The number of aliphatic carboxylic acids is 1. The molecule has 0 heterocycles. The summed E-state index contributed by atoms with van der Waals surface area (Å²) in [6, 6.07) is 2.31. The summed E-state index contributed by atoms with van der Waals surface area (Å²) < 4.78 is 51.3. The van der Waals surface area contributed by atoms with E-state index < -0.39 is 27.6 Å². The zero-order valence-corrected chi connectivity index (χ0v) is 11.4. The Balaban J connectivity index is 2.45. The molecular formula is C12H14F2NO4S-. The number of benzene rings is 1. The van der Waals surface area contributed by atoms with Crippen LogP contribution in [0.2, 0.25) is 0 Å². The van der Waals surface area contributed by atoms with Crippen molar-refractivity contribution in [3.63, 3.8) is 0 Å². The van der Waals surface area contributed by atoms with Gasteiger partial charge in [0.25, 0.3) is 0 Å². The molecule has 0 aliphatic rings. The molecule has 0 aliphatic carbocycles. The van der Waals surface area contributed by atoms with Crippen LogP contribution in [0, 0.1) is 11.6 Å². The van der Waals surface area contributed by atoms with Gasteiger partial charge < -0.3 is 9.90 Å². The average molecular weight is 306 g/mol. The molecule has 0 fully saturated rings. The first-order valence-electron chi connectivity index (χ1n) is 5.97. The van der Waals surface area contributed by atoms with Crippen molar-refractivity contribution in [1.29, 1.82) is 0 Å². The van der Waals surface area contributed by atoms with Crippen molar-refractivity contribution in [2.24, 2.45) is 0 Å². The van der Waals surface area contributed by atoms with Crippen molar-refractivity contribution in [3.8, 4) is 0 Å². The first kappa shape index (κ1) is 16.5. The number of hydrogen-bond donors (Lipinski definition) is 1. The van der Waals surface area contributed by atoms with Crippen LogP contribution in [-0.4, -0.2) is 20.9 Å². The van der Waals surface area contributed by atoms with Crippen LogP contribution in [0.4, 0.5) is 8.78 Å². The van der Waals surface area contributed by atoms with E-state index in [1.54, 1.807) is 0 Å². The minimum atomic E-state index is -3.89. The number of carboxylic acid groups (broad SMARTS) is 1. The Bertz CT molecular complexity index is 575. The Morgan fingerprint density at radius 1 is 1.15 bits per heavy atom. The number of unbranched alkanes of at least 4 members (excludes halogenated alkanes) is 2. The topological polar surface area (TPSA) is 86.3 Å². The van der Waals surface area contributed by atoms with Gasteiger partial charge in [0.05, 0.1) is 4.90 Å². The zero-order chi connectivity index (χ0) is 15.2. The lowest BCUT2D eigenvalue weighted by Gasteiger charge is -2.07. The Labute approximate surface area is 115 Å². The lowest BCUT2D eigenvalue weighted by Crippen LogP contribution is -2.25. The van der Waals surface area contributed by atoms with Gasteiger partial charge in [-0.2, -0.15) is 0 Å². The van der Waals surface area contributed by atoms with E-state index in [1.165, 1.54) is 0 Å². The van der Waals surface area contributed by atoms with Crippen LogP contribution < -0.4 is 9.83 Å². The number of carbonyl (C=O) groups is 1. The van der Waals surface area contributed by atoms with Crippen molar-refractivity contribution in [1.82, 2.24) is 4.72 Å². The predicted molar refractivity (Wildman–Crippen MR) is 65.0 cm³/mol. The summed E-state index contributed by atoms with van der Waals surface area (Å²) in [7, 11) is -3.89. The highest BCUT2D eigenvalue weighted by molar-refractivity contribution is 7.89. The molecule has 5 nitrogen and oxygen atoms in total. The van der Waals surface area contributed by atoms with Crippen LogP contribution in [0.3, 0.4) is 0 Å². The highest BCUT2D eigenvalue weighted by atomic mass is 32.2. The van der Waals surface area contributed by atoms with Gasteiger partial charge in [-0.1, -0.05) is 6.42 Å². The Morgan fingerprint density at radius 3 is 2.45 bits per heavy atom. The Hall–Kier alpha value is -1.54. The van der Waals surface area contributed by atoms with Crippen LogP contribution in [0.5, 0.6) is 0 Å². The summed E-state index contributed by atoms with van der Waals surface area (Å²) in [6.45, 7) is 0.0916. The Kier molecular flexibility index (Phi) is 6.03. The minimum absolute atomic E-state index is 0.0735. The lowest BCUT2D eigenvalue weighted by molar-refractivity contribution is -0.305. The molecule has 0 aromatic heterocycles. The number of hydrogen-bond acceptors (Lipinski definition) is 4. The molecule has 0 atom stereocenters. The van der Waals surface area contributed by atoms with Gasteiger partial charge in [0.2, 0.25) is 10.0 Å². The van der Waals surface area contributed by atoms with E-state index >= 15 is 0 Å². The van der Waals surface area contributed by atoms with E-state index in [9.17, 15) is 27.1 Å². The summed E-state index contributed by atoms with van der Waals surface area (Å²) in [5, 5.41) is 10.1. The molecule has 1 aromatic carbocycles. The van der Waals surface area contributed by atoms with Gasteiger partial charge in [-0.25, -0.2) is 21.9 Å². The normalized spacial score (nSPS) is 11.5. The molecule has 1 aromatic rings. The third kappa shape index (κ3) is 5.22. The molecule has 8 heteroatoms. The Morgan fingerprint density at radius 2 is 1.85 bits per heavy atom. The van der Waals surface area contributed by atoms with E-state index in [-0.39, 0.29) is 17.9 Å². The first-order valence-corrected chi connectivity index (χ1v) is 7.46. The highest BCUT2D eigenvalue weighted by Crippen LogP contribution is 2.13. The van der Waals surface area contributed by atoms with Gasteiger partial charge in [0, 0.05) is 12.5 Å². The molecule has 0 radical (unpaired) electrons. The minimum Gasteiger partial charge on any atom is -0.550 e. The van der Waals surface area contributed by atoms with Crippen molar-refractivity contribution in [2.75, 3.05) is 6.54 Å². The van der Waals surface area contributed by atoms with Gasteiger partial charge in [0.1, 0.15) is 0 Å². The van der Waals surface area contributed by atoms with Crippen molar-refractivity contribution in [2.45, 2.75) is 30.6 Å². The summed E-state index contributed by atoms with van der Waals surface area (Å²) in [4.78, 5) is 9.79. The van der Waals surface area contributed by atoms with Crippen molar-refractivity contribution in [3.05, 3.63) is 29.8 Å². The molecule has 20 heavy (non-hydrogen) atoms. The quantitative estimate of drug-likeness (QED) is 0.711. The number of carbonyl (C=O) groups excluding carboxylic acids is 1. The van der Waals surface area contributed by atoms with E-state index in [4.69, 9.17) is 0 Å². The zero-order valence-electron chi connectivity index (χ0n) is 10.6. The molecular weight excluding hydrogens is 292 g/mol. The standard InChI is InChI=1S/C12H15F2NO4S/c13-10-6-5-9(8-11(10)14)20(18,19)15-7-3-1-2-4-12(16)17/h5-6,8,15H,1-4,7H2,(H,16,17)/p-1. The molecule has 0 saturated heterocycles. The summed E-state index contributed by atoms with van der Waals surface area (Å²) >= 11 is 0. The molecule has 0 aliphatic heterocycles.